The zero-order valence-electron chi connectivity index (χ0n) is 7.20. The summed E-state index contributed by atoms with van der Waals surface area (Å²) in [6.07, 6.45) is 0. The van der Waals surface area contributed by atoms with Gasteiger partial charge in [0.05, 0.1) is 13.2 Å². The topological polar surface area (TPSA) is 40.5 Å². The molecule has 0 aliphatic rings. The number of aliphatic hydroxyl groups is 2. The molecule has 0 aliphatic heterocycles. The highest BCUT2D eigenvalue weighted by Crippen LogP contribution is 2.14. The molecule has 0 unspecified atom stereocenters. The van der Waals surface area contributed by atoms with Gasteiger partial charge in [-0.15, -0.1) is 0 Å². The highest BCUT2D eigenvalue weighted by Gasteiger charge is 2.07. The van der Waals surface area contributed by atoms with Crippen LogP contribution in [0.15, 0.2) is 24.3 Å². The summed E-state index contributed by atoms with van der Waals surface area (Å²) in [7, 11) is 0. The molecule has 0 saturated carbocycles. The molecule has 0 aliphatic carbocycles. The second-order valence-corrected chi connectivity index (χ2v) is 2.97. The zero-order chi connectivity index (χ0) is 8.97. The molecule has 0 heterocycles. The van der Waals surface area contributed by atoms with Crippen LogP contribution in [0.4, 0.5) is 0 Å². The van der Waals surface area contributed by atoms with Gasteiger partial charge in [-0.2, -0.15) is 0 Å². The first-order valence-corrected chi connectivity index (χ1v) is 4.06. The van der Waals surface area contributed by atoms with Crippen LogP contribution in [0.5, 0.6) is 0 Å². The maximum Gasteiger partial charge on any atom is 0.0521 e. The number of benzene rings is 1. The first kappa shape index (κ1) is 9.23. The van der Waals surface area contributed by atoms with Crippen molar-refractivity contribution in [1.82, 2.24) is 0 Å². The smallest absolute Gasteiger partial charge is 0.0521 e. The normalized spacial score (nSPS) is 10.7. The summed E-state index contributed by atoms with van der Waals surface area (Å²) in [5.74, 6) is -0.134. The fourth-order valence-electron chi connectivity index (χ4n) is 1.11. The second kappa shape index (κ2) is 4.24. The van der Waals surface area contributed by atoms with E-state index in [-0.39, 0.29) is 19.1 Å². The third-order valence-corrected chi connectivity index (χ3v) is 1.99. The van der Waals surface area contributed by atoms with Crippen LogP contribution < -0.4 is 0 Å². The molecule has 0 aromatic heterocycles. The molecule has 0 spiro atoms. The van der Waals surface area contributed by atoms with Crippen molar-refractivity contribution < 1.29 is 10.2 Å². The van der Waals surface area contributed by atoms with Crippen LogP contribution in [0.2, 0.25) is 0 Å². The first-order chi connectivity index (χ1) is 5.77. The maximum absolute atomic E-state index is 8.89. The van der Waals surface area contributed by atoms with Crippen LogP contribution in [0, 0.1) is 6.92 Å². The van der Waals surface area contributed by atoms with Crippen molar-refractivity contribution in [3.8, 4) is 0 Å². The van der Waals surface area contributed by atoms with Crippen molar-refractivity contribution in [3.05, 3.63) is 35.4 Å². The Labute approximate surface area is 72.5 Å². The van der Waals surface area contributed by atoms with E-state index in [0.717, 1.165) is 5.56 Å². The third-order valence-electron chi connectivity index (χ3n) is 1.99. The fraction of sp³-hybridized carbons (Fsp3) is 0.400. The lowest BCUT2D eigenvalue weighted by atomic mass is 10.00. The van der Waals surface area contributed by atoms with Crippen LogP contribution in [-0.2, 0) is 0 Å². The molecule has 2 nitrogen and oxygen atoms in total. The molecule has 0 radical (unpaired) electrons. The van der Waals surface area contributed by atoms with E-state index in [1.807, 2.05) is 31.2 Å². The van der Waals surface area contributed by atoms with Gasteiger partial charge >= 0.3 is 0 Å². The summed E-state index contributed by atoms with van der Waals surface area (Å²) in [6.45, 7) is 2.01. The molecule has 0 saturated heterocycles. The Bertz CT molecular complexity index is 224. The average Bonchev–Trinajstić information content (AvgIpc) is 2.10. The highest BCUT2D eigenvalue weighted by molar-refractivity contribution is 5.24. The van der Waals surface area contributed by atoms with E-state index in [0.29, 0.717) is 0 Å². The van der Waals surface area contributed by atoms with E-state index in [2.05, 4.69) is 0 Å². The molecule has 2 N–H and O–H groups in total. The molecule has 66 valence electrons. The highest BCUT2D eigenvalue weighted by atomic mass is 16.3. The number of aliphatic hydroxyl groups excluding tert-OH is 2. The second-order valence-electron chi connectivity index (χ2n) is 2.97. The quantitative estimate of drug-likeness (QED) is 0.705. The van der Waals surface area contributed by atoms with Crippen molar-refractivity contribution in [3.63, 3.8) is 0 Å². The van der Waals surface area contributed by atoms with Crippen LogP contribution in [0.1, 0.15) is 17.0 Å². The lowest BCUT2D eigenvalue weighted by molar-refractivity contribution is 0.192. The van der Waals surface area contributed by atoms with Gasteiger partial charge in [0.2, 0.25) is 0 Å². The van der Waals surface area contributed by atoms with Gasteiger partial charge in [-0.25, -0.2) is 0 Å². The molecule has 0 fully saturated rings. The maximum atomic E-state index is 8.89. The number of hydrogen-bond donors (Lipinski definition) is 2. The number of rotatable bonds is 3. The van der Waals surface area contributed by atoms with Gasteiger partial charge in [0.15, 0.2) is 0 Å². The standard InChI is InChI=1S/C10H14O2/c1-8-2-4-9(5-3-8)10(6-11)7-12/h2-5,10-12H,6-7H2,1H3. The summed E-state index contributed by atoms with van der Waals surface area (Å²) in [5.41, 5.74) is 2.18. The predicted molar refractivity (Wildman–Crippen MR) is 48.1 cm³/mol. The van der Waals surface area contributed by atoms with Crippen molar-refractivity contribution >= 4 is 0 Å². The molecule has 0 amide bonds. The Morgan fingerprint density at radius 2 is 1.58 bits per heavy atom. The van der Waals surface area contributed by atoms with Crippen molar-refractivity contribution in [2.24, 2.45) is 0 Å². The average molecular weight is 166 g/mol. The molecule has 1 rings (SSSR count). The van der Waals surface area contributed by atoms with Crippen LogP contribution in [-0.4, -0.2) is 23.4 Å². The van der Waals surface area contributed by atoms with Crippen molar-refractivity contribution in [2.75, 3.05) is 13.2 Å². The predicted octanol–water partition coefficient (Wildman–Crippen LogP) is 1.06. The van der Waals surface area contributed by atoms with E-state index < -0.39 is 0 Å². The van der Waals surface area contributed by atoms with E-state index in [1.165, 1.54) is 5.56 Å². The summed E-state index contributed by atoms with van der Waals surface area (Å²) in [4.78, 5) is 0. The van der Waals surface area contributed by atoms with Crippen molar-refractivity contribution in [2.45, 2.75) is 12.8 Å². The Morgan fingerprint density at radius 1 is 1.08 bits per heavy atom. The van der Waals surface area contributed by atoms with Gasteiger partial charge in [-0.1, -0.05) is 29.8 Å². The molecule has 0 atom stereocenters. The molecule has 2 heteroatoms. The monoisotopic (exact) mass is 166 g/mol. The van der Waals surface area contributed by atoms with Gasteiger partial charge in [0.1, 0.15) is 0 Å². The van der Waals surface area contributed by atoms with Crippen LogP contribution >= 0.6 is 0 Å². The fourth-order valence-corrected chi connectivity index (χ4v) is 1.11. The van der Waals surface area contributed by atoms with Crippen molar-refractivity contribution in [1.29, 1.82) is 0 Å². The molecule has 12 heavy (non-hydrogen) atoms. The zero-order valence-corrected chi connectivity index (χ0v) is 7.20. The number of hydrogen-bond acceptors (Lipinski definition) is 2. The van der Waals surface area contributed by atoms with Gasteiger partial charge in [-0.3, -0.25) is 0 Å². The SMILES string of the molecule is Cc1ccc(C(CO)CO)cc1. The summed E-state index contributed by atoms with van der Waals surface area (Å²) in [6, 6.07) is 7.83. The summed E-state index contributed by atoms with van der Waals surface area (Å²) >= 11 is 0. The lowest BCUT2D eigenvalue weighted by Crippen LogP contribution is -2.08. The minimum atomic E-state index is -0.134. The molecular formula is C10H14O2. The van der Waals surface area contributed by atoms with Gasteiger partial charge in [-0.05, 0) is 12.5 Å². The minimum Gasteiger partial charge on any atom is -0.396 e. The summed E-state index contributed by atoms with van der Waals surface area (Å²) in [5, 5.41) is 17.8. The van der Waals surface area contributed by atoms with E-state index in [4.69, 9.17) is 10.2 Å². The Morgan fingerprint density at radius 3 is 2.00 bits per heavy atom. The Kier molecular flexibility index (Phi) is 3.26. The summed E-state index contributed by atoms with van der Waals surface area (Å²) < 4.78 is 0. The molecule has 0 bridgehead atoms. The third kappa shape index (κ3) is 2.06. The lowest BCUT2D eigenvalue weighted by Gasteiger charge is -2.10. The van der Waals surface area contributed by atoms with Crippen LogP contribution in [0.25, 0.3) is 0 Å². The van der Waals surface area contributed by atoms with Gasteiger partial charge in [0.25, 0.3) is 0 Å². The molecular weight excluding hydrogens is 152 g/mol. The number of aryl methyl sites for hydroxylation is 1. The van der Waals surface area contributed by atoms with Gasteiger partial charge in [0, 0.05) is 5.92 Å². The first-order valence-electron chi connectivity index (χ1n) is 4.06. The van der Waals surface area contributed by atoms with E-state index >= 15 is 0 Å². The minimum absolute atomic E-state index is 0.000436. The Balaban J connectivity index is 2.80. The van der Waals surface area contributed by atoms with Crippen LogP contribution in [0.3, 0.4) is 0 Å². The molecule has 1 aromatic rings. The molecule has 1 aromatic carbocycles. The van der Waals surface area contributed by atoms with E-state index in [9.17, 15) is 0 Å². The van der Waals surface area contributed by atoms with E-state index in [1.54, 1.807) is 0 Å². The largest absolute Gasteiger partial charge is 0.396 e. The van der Waals surface area contributed by atoms with Gasteiger partial charge < -0.3 is 10.2 Å². The Hall–Kier alpha value is -0.860.